The largest absolute Gasteiger partial charge is 0.350 e. The Bertz CT molecular complexity index is 1170. The van der Waals surface area contributed by atoms with Crippen LogP contribution in [0.5, 0.6) is 0 Å². The molecule has 6 heteroatoms. The molecule has 0 spiro atoms. The highest BCUT2D eigenvalue weighted by atomic mass is 35.5. The quantitative estimate of drug-likeness (QED) is 0.411. The van der Waals surface area contributed by atoms with Crippen molar-refractivity contribution in [2.24, 2.45) is 0 Å². The van der Waals surface area contributed by atoms with Crippen molar-refractivity contribution in [2.45, 2.75) is 6.54 Å². The summed E-state index contributed by atoms with van der Waals surface area (Å²) in [6.45, 7) is 0.243. The maximum atomic E-state index is 13.8. The SMILES string of the molecule is O=C(NCc1ccc(Cl)cc1Cl)c1[nH]c2ccc(F)cc2c1-c1ccccc1. The predicted octanol–water partition coefficient (Wildman–Crippen LogP) is 6.21. The minimum absolute atomic E-state index is 0.243. The van der Waals surface area contributed by atoms with Gasteiger partial charge >= 0.3 is 0 Å². The smallest absolute Gasteiger partial charge is 0.268 e. The maximum Gasteiger partial charge on any atom is 0.268 e. The first-order valence-electron chi connectivity index (χ1n) is 8.61. The molecule has 3 aromatic carbocycles. The van der Waals surface area contributed by atoms with Gasteiger partial charge in [0, 0.05) is 33.1 Å². The fourth-order valence-corrected chi connectivity index (χ4v) is 3.64. The molecule has 0 fully saturated rings. The molecule has 0 radical (unpaired) electrons. The number of aromatic amines is 1. The zero-order valence-corrected chi connectivity index (χ0v) is 16.1. The van der Waals surface area contributed by atoms with E-state index in [1.807, 2.05) is 30.3 Å². The van der Waals surface area contributed by atoms with Crippen molar-refractivity contribution in [3.05, 3.63) is 93.8 Å². The van der Waals surface area contributed by atoms with E-state index in [2.05, 4.69) is 10.3 Å². The lowest BCUT2D eigenvalue weighted by Gasteiger charge is -2.09. The van der Waals surface area contributed by atoms with Gasteiger partial charge in [0.2, 0.25) is 0 Å². The van der Waals surface area contributed by atoms with E-state index >= 15 is 0 Å². The third-order valence-corrected chi connectivity index (χ3v) is 5.09. The van der Waals surface area contributed by atoms with Crippen molar-refractivity contribution in [3.63, 3.8) is 0 Å². The van der Waals surface area contributed by atoms with Crippen LogP contribution in [0, 0.1) is 5.82 Å². The number of hydrogen-bond acceptors (Lipinski definition) is 1. The topological polar surface area (TPSA) is 44.9 Å². The molecule has 140 valence electrons. The minimum atomic E-state index is -0.358. The summed E-state index contributed by atoms with van der Waals surface area (Å²) in [6.07, 6.45) is 0. The maximum absolute atomic E-state index is 13.8. The third-order valence-electron chi connectivity index (χ3n) is 4.50. The molecular formula is C22H15Cl2FN2O. The number of carbonyl (C=O) groups excluding carboxylic acids is 1. The van der Waals surface area contributed by atoms with E-state index in [9.17, 15) is 9.18 Å². The summed E-state index contributed by atoms with van der Waals surface area (Å²) in [5.74, 6) is -0.662. The number of amides is 1. The summed E-state index contributed by atoms with van der Waals surface area (Å²) in [6, 6.07) is 19.0. The Kier molecular flexibility index (Phi) is 5.07. The van der Waals surface area contributed by atoms with Gasteiger partial charge in [-0.25, -0.2) is 4.39 Å². The van der Waals surface area contributed by atoms with Gasteiger partial charge in [-0.15, -0.1) is 0 Å². The van der Waals surface area contributed by atoms with Crippen LogP contribution >= 0.6 is 23.2 Å². The number of halogens is 3. The first kappa shape index (κ1) is 18.5. The van der Waals surface area contributed by atoms with Crippen LogP contribution in [0.3, 0.4) is 0 Å². The van der Waals surface area contributed by atoms with Gasteiger partial charge in [-0.05, 0) is 41.5 Å². The van der Waals surface area contributed by atoms with Crippen LogP contribution in [0.4, 0.5) is 4.39 Å². The van der Waals surface area contributed by atoms with E-state index in [1.165, 1.54) is 12.1 Å². The lowest BCUT2D eigenvalue weighted by molar-refractivity contribution is 0.0947. The molecule has 4 rings (SSSR count). The van der Waals surface area contributed by atoms with Crippen LogP contribution in [0.2, 0.25) is 10.0 Å². The zero-order chi connectivity index (χ0) is 19.7. The van der Waals surface area contributed by atoms with Gasteiger partial charge in [0.15, 0.2) is 0 Å². The molecule has 0 bridgehead atoms. The highest BCUT2D eigenvalue weighted by molar-refractivity contribution is 6.35. The van der Waals surface area contributed by atoms with Crippen LogP contribution in [-0.4, -0.2) is 10.9 Å². The summed E-state index contributed by atoms with van der Waals surface area (Å²) < 4.78 is 13.8. The second-order valence-electron chi connectivity index (χ2n) is 6.35. The lowest BCUT2D eigenvalue weighted by atomic mass is 10.0. The molecule has 2 N–H and O–H groups in total. The average molecular weight is 413 g/mol. The summed E-state index contributed by atoms with van der Waals surface area (Å²) in [5, 5.41) is 4.54. The number of rotatable bonds is 4. The standard InChI is InChI=1S/C22H15Cl2FN2O/c23-15-7-6-14(18(24)10-15)12-26-22(28)21-20(13-4-2-1-3-5-13)17-11-16(25)8-9-19(17)27-21/h1-11,27H,12H2,(H,26,28). The Labute approximate surface area is 171 Å². The highest BCUT2D eigenvalue weighted by Gasteiger charge is 2.19. The van der Waals surface area contributed by atoms with E-state index in [0.29, 0.717) is 32.2 Å². The molecule has 0 atom stereocenters. The van der Waals surface area contributed by atoms with Gasteiger partial charge in [0.25, 0.3) is 5.91 Å². The van der Waals surface area contributed by atoms with Crippen LogP contribution < -0.4 is 5.32 Å². The third kappa shape index (κ3) is 3.61. The summed E-state index contributed by atoms with van der Waals surface area (Å²) in [4.78, 5) is 16.1. The molecular weight excluding hydrogens is 398 g/mol. The fourth-order valence-electron chi connectivity index (χ4n) is 3.17. The number of fused-ring (bicyclic) bond motifs is 1. The molecule has 0 unspecified atom stereocenters. The molecule has 0 saturated heterocycles. The van der Waals surface area contributed by atoms with Crippen LogP contribution in [0.15, 0.2) is 66.7 Å². The minimum Gasteiger partial charge on any atom is -0.350 e. The molecule has 1 heterocycles. The van der Waals surface area contributed by atoms with E-state index < -0.39 is 0 Å². The van der Waals surface area contributed by atoms with Gasteiger partial charge in [-0.3, -0.25) is 4.79 Å². The first-order chi connectivity index (χ1) is 13.5. The Hall–Kier alpha value is -2.82. The van der Waals surface area contributed by atoms with Gasteiger partial charge in [-0.1, -0.05) is 59.6 Å². The van der Waals surface area contributed by atoms with Crippen LogP contribution in [0.25, 0.3) is 22.0 Å². The molecule has 0 saturated carbocycles. The van der Waals surface area contributed by atoms with E-state index in [0.717, 1.165) is 11.1 Å². The van der Waals surface area contributed by atoms with Crippen molar-refractivity contribution in [1.82, 2.24) is 10.3 Å². The predicted molar refractivity (Wildman–Crippen MR) is 111 cm³/mol. The molecule has 0 aliphatic heterocycles. The summed E-state index contributed by atoms with van der Waals surface area (Å²) in [7, 11) is 0. The molecule has 3 nitrogen and oxygen atoms in total. The fraction of sp³-hybridized carbons (Fsp3) is 0.0455. The molecule has 4 aromatic rings. The normalized spacial score (nSPS) is 11.0. The second-order valence-corrected chi connectivity index (χ2v) is 7.19. The highest BCUT2D eigenvalue weighted by Crippen LogP contribution is 2.33. The van der Waals surface area contributed by atoms with Gasteiger partial charge in [0.1, 0.15) is 11.5 Å². The average Bonchev–Trinajstić information content (AvgIpc) is 3.06. The molecule has 0 aliphatic rings. The molecule has 0 aliphatic carbocycles. The van der Waals surface area contributed by atoms with Gasteiger partial charge < -0.3 is 10.3 Å². The van der Waals surface area contributed by atoms with Crippen LogP contribution in [0.1, 0.15) is 16.1 Å². The number of benzene rings is 3. The summed E-state index contributed by atoms with van der Waals surface area (Å²) >= 11 is 12.1. The van der Waals surface area contributed by atoms with Gasteiger partial charge in [-0.2, -0.15) is 0 Å². The molecule has 1 amide bonds. The summed E-state index contributed by atoms with van der Waals surface area (Å²) in [5.41, 5.74) is 3.30. The Balaban J connectivity index is 1.72. The van der Waals surface area contributed by atoms with Crippen molar-refractivity contribution in [1.29, 1.82) is 0 Å². The second kappa shape index (κ2) is 7.66. The van der Waals surface area contributed by atoms with Crippen molar-refractivity contribution in [2.75, 3.05) is 0 Å². The number of hydrogen-bond donors (Lipinski definition) is 2. The molecule has 1 aromatic heterocycles. The number of H-pyrrole nitrogens is 1. The van der Waals surface area contributed by atoms with E-state index in [-0.39, 0.29) is 18.3 Å². The van der Waals surface area contributed by atoms with E-state index in [4.69, 9.17) is 23.2 Å². The zero-order valence-electron chi connectivity index (χ0n) is 14.6. The molecule has 28 heavy (non-hydrogen) atoms. The van der Waals surface area contributed by atoms with Crippen LogP contribution in [-0.2, 0) is 6.54 Å². The van der Waals surface area contributed by atoms with Crippen molar-refractivity contribution in [3.8, 4) is 11.1 Å². The van der Waals surface area contributed by atoms with Crippen molar-refractivity contribution >= 4 is 40.0 Å². The first-order valence-corrected chi connectivity index (χ1v) is 9.37. The van der Waals surface area contributed by atoms with Crippen molar-refractivity contribution < 1.29 is 9.18 Å². The van der Waals surface area contributed by atoms with Gasteiger partial charge in [0.05, 0.1) is 0 Å². The number of carbonyl (C=O) groups is 1. The monoisotopic (exact) mass is 412 g/mol. The Morgan fingerprint density at radius 3 is 2.54 bits per heavy atom. The van der Waals surface area contributed by atoms with E-state index in [1.54, 1.807) is 24.3 Å². The number of aromatic nitrogens is 1. The Morgan fingerprint density at radius 1 is 1.00 bits per heavy atom. The lowest BCUT2D eigenvalue weighted by Crippen LogP contribution is -2.23. The number of nitrogens with one attached hydrogen (secondary N) is 2. The Morgan fingerprint density at radius 2 is 1.79 bits per heavy atom.